The van der Waals surface area contributed by atoms with Gasteiger partial charge in [-0.1, -0.05) is 12.1 Å². The van der Waals surface area contributed by atoms with Gasteiger partial charge in [0.25, 0.3) is 20.2 Å². The van der Waals surface area contributed by atoms with Crippen LogP contribution in [-0.2, 0) is 20.2 Å². The van der Waals surface area contributed by atoms with Gasteiger partial charge in [0.05, 0.1) is 5.69 Å². The molecule has 0 saturated carbocycles. The largest absolute Gasteiger partial charge is 0.295 e. The van der Waals surface area contributed by atoms with E-state index >= 15 is 0 Å². The third-order valence-corrected chi connectivity index (χ3v) is 4.48. The minimum Gasteiger partial charge on any atom is -0.282 e. The van der Waals surface area contributed by atoms with Crippen LogP contribution in [0.25, 0.3) is 10.8 Å². The van der Waals surface area contributed by atoms with Crippen LogP contribution in [0.4, 0.5) is 5.69 Å². The van der Waals surface area contributed by atoms with Gasteiger partial charge in [-0.25, -0.2) is 0 Å². The topological polar surface area (TPSA) is 133 Å². The smallest absolute Gasteiger partial charge is 0.282 e. The molecule has 0 unspecified atom stereocenters. The monoisotopic (exact) mass is 330 g/mol. The van der Waals surface area contributed by atoms with Crippen LogP contribution in [0, 0.1) is 0 Å². The number of rotatable bonds is 3. The Hall–Kier alpha value is -1.88. The van der Waals surface area contributed by atoms with Crippen molar-refractivity contribution in [2.75, 3.05) is 7.05 Å². The molecule has 0 aliphatic heterocycles. The van der Waals surface area contributed by atoms with Crippen molar-refractivity contribution in [2.24, 2.45) is 10.2 Å². The normalized spacial score (nSPS) is 13.1. The maximum atomic E-state index is 11.4. The van der Waals surface area contributed by atoms with Gasteiger partial charge in [-0.2, -0.15) is 27.1 Å². The lowest BCUT2D eigenvalue weighted by Gasteiger charge is -2.08. The first-order valence-corrected chi connectivity index (χ1v) is 8.34. The van der Waals surface area contributed by atoms with E-state index in [2.05, 4.69) is 10.2 Å². The first-order valence-electron chi connectivity index (χ1n) is 5.46. The summed E-state index contributed by atoms with van der Waals surface area (Å²) in [5.74, 6) is 0. The molecule has 0 aromatic heterocycles. The Morgan fingerprint density at radius 3 is 2.05 bits per heavy atom. The van der Waals surface area contributed by atoms with Crippen LogP contribution in [-0.4, -0.2) is 33.0 Å². The van der Waals surface area contributed by atoms with Crippen LogP contribution in [0.1, 0.15) is 0 Å². The van der Waals surface area contributed by atoms with Crippen molar-refractivity contribution in [1.29, 1.82) is 0 Å². The van der Waals surface area contributed by atoms with Crippen LogP contribution in [0.3, 0.4) is 0 Å². The number of azo groups is 1. The summed E-state index contributed by atoms with van der Waals surface area (Å²) in [6.07, 6.45) is 0. The highest BCUT2D eigenvalue weighted by Gasteiger charge is 2.21. The molecule has 0 atom stereocenters. The molecule has 0 aliphatic rings. The summed E-state index contributed by atoms with van der Waals surface area (Å²) < 4.78 is 64.1. The molecule has 21 heavy (non-hydrogen) atoms. The lowest BCUT2D eigenvalue weighted by molar-refractivity contribution is 0.481. The van der Waals surface area contributed by atoms with E-state index in [1.807, 2.05) is 0 Å². The maximum absolute atomic E-state index is 11.4. The van der Waals surface area contributed by atoms with Gasteiger partial charge in [0.15, 0.2) is 0 Å². The average molecular weight is 330 g/mol. The number of hydrogen-bond donors (Lipinski definition) is 2. The van der Waals surface area contributed by atoms with Crippen LogP contribution in [0.2, 0.25) is 0 Å². The van der Waals surface area contributed by atoms with Gasteiger partial charge in [0.1, 0.15) is 9.79 Å². The van der Waals surface area contributed by atoms with E-state index in [9.17, 15) is 25.9 Å². The third kappa shape index (κ3) is 3.08. The molecule has 8 nitrogen and oxygen atoms in total. The summed E-state index contributed by atoms with van der Waals surface area (Å²) in [6.45, 7) is 0. The molecule has 0 fully saturated rings. The molecule has 0 saturated heterocycles. The van der Waals surface area contributed by atoms with Gasteiger partial charge in [-0.05, 0) is 18.2 Å². The van der Waals surface area contributed by atoms with Gasteiger partial charge >= 0.3 is 0 Å². The van der Waals surface area contributed by atoms with Gasteiger partial charge in [0, 0.05) is 17.8 Å². The minimum atomic E-state index is -4.61. The van der Waals surface area contributed by atoms with Crippen molar-refractivity contribution in [2.45, 2.75) is 9.79 Å². The van der Waals surface area contributed by atoms with E-state index in [-0.39, 0.29) is 16.5 Å². The molecule has 2 rings (SSSR count). The Kier molecular flexibility index (Phi) is 3.80. The summed E-state index contributed by atoms with van der Waals surface area (Å²) in [5.41, 5.74) is 0.0220. The second kappa shape index (κ2) is 5.15. The van der Waals surface area contributed by atoms with Crippen molar-refractivity contribution in [3.63, 3.8) is 0 Å². The molecule has 2 aromatic carbocycles. The van der Waals surface area contributed by atoms with Gasteiger partial charge in [0.2, 0.25) is 0 Å². The Morgan fingerprint density at radius 2 is 1.52 bits per heavy atom. The van der Waals surface area contributed by atoms with Crippen LogP contribution in [0.15, 0.2) is 50.4 Å². The van der Waals surface area contributed by atoms with Gasteiger partial charge < -0.3 is 0 Å². The molecule has 2 N–H and O–H groups in total. The number of hydrogen-bond acceptors (Lipinski definition) is 6. The standard InChI is InChI=1S/C11H10N2O6S2/c1-12-13-7-5-9-8(11(6-7)21(17,18)19)3-2-4-10(9)20(14,15)16/h2-6H,1H3,(H,14,15,16)(H,17,18,19)/b13-12+. The van der Waals surface area contributed by atoms with Crippen molar-refractivity contribution in [3.05, 3.63) is 30.3 Å². The molecule has 10 heteroatoms. The fraction of sp³-hybridized carbons (Fsp3) is 0.0909. The quantitative estimate of drug-likeness (QED) is 0.653. The van der Waals surface area contributed by atoms with Crippen molar-refractivity contribution in [1.82, 2.24) is 0 Å². The second-order valence-corrected chi connectivity index (χ2v) is 6.83. The summed E-state index contributed by atoms with van der Waals surface area (Å²) in [4.78, 5) is -1.01. The van der Waals surface area contributed by atoms with E-state index in [1.54, 1.807) is 0 Å². The van der Waals surface area contributed by atoms with E-state index < -0.39 is 30.0 Å². The second-order valence-electron chi connectivity index (χ2n) is 4.05. The molecule has 112 valence electrons. The number of benzene rings is 2. The lowest BCUT2D eigenvalue weighted by atomic mass is 10.1. The summed E-state index contributed by atoms with van der Waals surface area (Å²) in [5, 5.41) is 6.95. The molecule has 0 aliphatic carbocycles. The van der Waals surface area contributed by atoms with Crippen molar-refractivity contribution < 1.29 is 25.9 Å². The predicted molar refractivity (Wildman–Crippen MR) is 74.0 cm³/mol. The summed E-state index contributed by atoms with van der Waals surface area (Å²) >= 11 is 0. The Bertz CT molecular complexity index is 948. The fourth-order valence-electron chi connectivity index (χ4n) is 1.92. The highest BCUT2D eigenvalue weighted by molar-refractivity contribution is 7.86. The molecule has 0 amide bonds. The Balaban J connectivity index is 3.06. The SMILES string of the molecule is C/N=N/c1cc(S(=O)(=O)O)c2cccc(S(=O)(=O)O)c2c1. The van der Waals surface area contributed by atoms with E-state index in [1.165, 1.54) is 25.2 Å². The van der Waals surface area contributed by atoms with Crippen LogP contribution in [0.5, 0.6) is 0 Å². The molecule has 0 radical (unpaired) electrons. The molecule has 0 spiro atoms. The molecular formula is C11H10N2O6S2. The zero-order chi connectivity index (χ0) is 15.8. The highest BCUT2D eigenvalue weighted by Crippen LogP contribution is 2.32. The minimum absolute atomic E-state index is 0.0220. The molecule has 0 bridgehead atoms. The summed E-state index contributed by atoms with van der Waals surface area (Å²) in [6, 6.07) is 5.97. The number of nitrogens with zero attached hydrogens (tertiary/aromatic N) is 2. The summed E-state index contributed by atoms with van der Waals surface area (Å²) in [7, 11) is -7.84. The number of fused-ring (bicyclic) bond motifs is 1. The van der Waals surface area contributed by atoms with Crippen LogP contribution < -0.4 is 0 Å². The fourth-order valence-corrected chi connectivity index (χ4v) is 3.34. The Morgan fingerprint density at radius 1 is 0.905 bits per heavy atom. The zero-order valence-corrected chi connectivity index (χ0v) is 12.3. The van der Waals surface area contributed by atoms with E-state index in [4.69, 9.17) is 0 Å². The maximum Gasteiger partial charge on any atom is 0.295 e. The van der Waals surface area contributed by atoms with Crippen molar-refractivity contribution >= 4 is 36.7 Å². The van der Waals surface area contributed by atoms with Gasteiger partial charge in [-0.3, -0.25) is 9.11 Å². The first-order chi connectivity index (χ1) is 9.64. The zero-order valence-electron chi connectivity index (χ0n) is 10.6. The third-order valence-electron chi connectivity index (χ3n) is 2.67. The molecular weight excluding hydrogens is 320 g/mol. The lowest BCUT2D eigenvalue weighted by Crippen LogP contribution is -2.03. The van der Waals surface area contributed by atoms with Crippen molar-refractivity contribution in [3.8, 4) is 0 Å². The average Bonchev–Trinajstić information content (AvgIpc) is 2.35. The van der Waals surface area contributed by atoms with Gasteiger partial charge in [-0.15, -0.1) is 0 Å². The van der Waals surface area contributed by atoms with E-state index in [0.29, 0.717) is 0 Å². The first kappa shape index (κ1) is 15.5. The van der Waals surface area contributed by atoms with Crippen LogP contribution >= 0.6 is 0 Å². The highest BCUT2D eigenvalue weighted by atomic mass is 32.2. The van der Waals surface area contributed by atoms with E-state index in [0.717, 1.165) is 12.1 Å². The predicted octanol–water partition coefficient (Wildman–Crippen LogP) is 2.05. The molecule has 2 aromatic rings. The molecule has 0 heterocycles. The Labute approximate surface area is 120 Å².